The highest BCUT2D eigenvalue weighted by Crippen LogP contribution is 2.29. The van der Waals surface area contributed by atoms with Crippen molar-refractivity contribution in [1.29, 1.82) is 0 Å². The molecule has 0 bridgehead atoms. The Labute approximate surface area is 115 Å². The number of hydrogen-bond acceptors (Lipinski definition) is 0. The van der Waals surface area contributed by atoms with E-state index in [1.54, 1.807) is 0 Å². The number of allylic oxidation sites excluding steroid dienone is 1. The summed E-state index contributed by atoms with van der Waals surface area (Å²) in [7, 11) is 0. The van der Waals surface area contributed by atoms with Crippen LogP contribution in [0.5, 0.6) is 0 Å². The van der Waals surface area contributed by atoms with Gasteiger partial charge in [-0.1, -0.05) is 46.3 Å². The normalized spacial score (nSPS) is 12.1. The molecule has 92 valence electrons. The molecule has 0 aliphatic rings. The van der Waals surface area contributed by atoms with Crippen molar-refractivity contribution in [1.82, 2.24) is 0 Å². The number of rotatable bonds is 4. The maximum atomic E-state index is 13.0. The first-order valence-electron chi connectivity index (χ1n) is 5.82. The first kappa shape index (κ1) is 13.0. The average molecular weight is 305 g/mol. The van der Waals surface area contributed by atoms with E-state index in [0.29, 0.717) is 0 Å². The molecule has 0 aromatic heterocycles. The lowest BCUT2D eigenvalue weighted by atomic mass is 9.89. The van der Waals surface area contributed by atoms with Crippen molar-refractivity contribution >= 4 is 15.9 Å². The van der Waals surface area contributed by atoms with Gasteiger partial charge in [0, 0.05) is 10.4 Å². The molecule has 18 heavy (non-hydrogen) atoms. The highest BCUT2D eigenvalue weighted by molar-refractivity contribution is 9.10. The molecule has 0 radical (unpaired) electrons. The summed E-state index contributed by atoms with van der Waals surface area (Å²) in [5, 5.41) is 0. The molecule has 0 aliphatic heterocycles. The topological polar surface area (TPSA) is 0 Å². The van der Waals surface area contributed by atoms with Gasteiger partial charge in [-0.05, 0) is 41.8 Å². The Kier molecular flexibility index (Phi) is 4.32. The van der Waals surface area contributed by atoms with Gasteiger partial charge in [0.25, 0.3) is 0 Å². The lowest BCUT2D eigenvalue weighted by Crippen LogP contribution is -2.00. The summed E-state index contributed by atoms with van der Waals surface area (Å²) in [5.41, 5.74) is 2.32. The van der Waals surface area contributed by atoms with Gasteiger partial charge in [0.1, 0.15) is 5.82 Å². The van der Waals surface area contributed by atoms with Crippen LogP contribution in [0.25, 0.3) is 0 Å². The smallest absolute Gasteiger partial charge is 0.123 e. The van der Waals surface area contributed by atoms with Gasteiger partial charge in [0.2, 0.25) is 0 Å². The third kappa shape index (κ3) is 3.08. The second kappa shape index (κ2) is 5.96. The van der Waals surface area contributed by atoms with Crippen molar-refractivity contribution in [2.24, 2.45) is 0 Å². The fourth-order valence-electron chi connectivity index (χ4n) is 2.02. The predicted molar refractivity (Wildman–Crippen MR) is 77.2 cm³/mol. The number of hydrogen-bond donors (Lipinski definition) is 0. The first-order chi connectivity index (χ1) is 8.70. The van der Waals surface area contributed by atoms with Gasteiger partial charge in [-0.25, -0.2) is 4.39 Å². The molecule has 0 nitrogen and oxygen atoms in total. The monoisotopic (exact) mass is 304 g/mol. The van der Waals surface area contributed by atoms with Gasteiger partial charge in [0.05, 0.1) is 0 Å². The second-order valence-electron chi connectivity index (χ2n) is 4.18. The summed E-state index contributed by atoms with van der Waals surface area (Å²) in [5.74, 6) is 0.0307. The van der Waals surface area contributed by atoms with Gasteiger partial charge >= 0.3 is 0 Å². The van der Waals surface area contributed by atoms with E-state index in [9.17, 15) is 4.39 Å². The van der Waals surface area contributed by atoms with Gasteiger partial charge in [-0.15, -0.1) is 6.58 Å². The maximum Gasteiger partial charge on any atom is 0.123 e. The summed E-state index contributed by atoms with van der Waals surface area (Å²) in [6.07, 6.45) is 2.74. The Bertz CT molecular complexity index is 468. The molecule has 2 aromatic rings. The quantitative estimate of drug-likeness (QED) is 0.673. The molecule has 0 N–H and O–H groups in total. The van der Waals surface area contributed by atoms with Crippen LogP contribution < -0.4 is 0 Å². The fourth-order valence-corrected chi connectivity index (χ4v) is 2.29. The molecule has 0 amide bonds. The number of halogens is 2. The Hall–Kier alpha value is -1.41. The summed E-state index contributed by atoms with van der Waals surface area (Å²) in [6, 6.07) is 14.9. The summed E-state index contributed by atoms with van der Waals surface area (Å²) < 4.78 is 14.0. The molecule has 0 fully saturated rings. The van der Waals surface area contributed by atoms with Crippen molar-refractivity contribution in [3.63, 3.8) is 0 Å². The number of benzene rings is 2. The zero-order valence-corrected chi connectivity index (χ0v) is 11.5. The van der Waals surface area contributed by atoms with Crippen molar-refractivity contribution in [3.05, 3.63) is 82.6 Å². The first-order valence-corrected chi connectivity index (χ1v) is 6.62. The lowest BCUT2D eigenvalue weighted by molar-refractivity contribution is 0.626. The second-order valence-corrected chi connectivity index (χ2v) is 5.10. The van der Waals surface area contributed by atoms with Gasteiger partial charge in [-0.2, -0.15) is 0 Å². The van der Waals surface area contributed by atoms with Crippen LogP contribution in [0.4, 0.5) is 4.39 Å². The lowest BCUT2D eigenvalue weighted by Gasteiger charge is -2.16. The van der Waals surface area contributed by atoms with Crippen LogP contribution in [0.15, 0.2) is 65.7 Å². The zero-order valence-electron chi connectivity index (χ0n) is 9.94. The van der Waals surface area contributed by atoms with Crippen molar-refractivity contribution in [2.45, 2.75) is 12.3 Å². The minimum absolute atomic E-state index is 0.202. The van der Waals surface area contributed by atoms with Crippen LogP contribution in [0, 0.1) is 5.82 Å². The molecule has 2 heteroatoms. The van der Waals surface area contributed by atoms with E-state index in [-0.39, 0.29) is 11.7 Å². The highest BCUT2D eigenvalue weighted by atomic mass is 79.9. The van der Waals surface area contributed by atoms with Gasteiger partial charge in [-0.3, -0.25) is 0 Å². The van der Waals surface area contributed by atoms with Crippen LogP contribution in [-0.2, 0) is 0 Å². The Balaban J connectivity index is 2.35. The summed E-state index contributed by atoms with van der Waals surface area (Å²) in [6.45, 7) is 3.80. The van der Waals surface area contributed by atoms with Crippen LogP contribution in [0.2, 0.25) is 0 Å². The van der Waals surface area contributed by atoms with E-state index in [2.05, 4.69) is 34.6 Å². The SMILES string of the molecule is C=CCC(c1ccc(F)cc1)c1ccc(Br)cc1. The molecule has 0 aliphatic carbocycles. The molecular weight excluding hydrogens is 291 g/mol. The van der Waals surface area contributed by atoms with E-state index in [0.717, 1.165) is 16.5 Å². The fraction of sp³-hybridized carbons (Fsp3) is 0.125. The Morgan fingerprint density at radius 1 is 1.00 bits per heavy atom. The minimum atomic E-state index is -0.202. The van der Waals surface area contributed by atoms with Crippen LogP contribution in [0.3, 0.4) is 0 Å². The average Bonchev–Trinajstić information content (AvgIpc) is 2.39. The van der Waals surface area contributed by atoms with E-state index in [1.165, 1.54) is 17.7 Å². The van der Waals surface area contributed by atoms with Crippen molar-refractivity contribution < 1.29 is 4.39 Å². The van der Waals surface area contributed by atoms with E-state index < -0.39 is 0 Å². The largest absolute Gasteiger partial charge is 0.207 e. The molecule has 2 aromatic carbocycles. The van der Waals surface area contributed by atoms with E-state index in [4.69, 9.17) is 0 Å². The van der Waals surface area contributed by atoms with Gasteiger partial charge < -0.3 is 0 Å². The molecule has 1 unspecified atom stereocenters. The zero-order chi connectivity index (χ0) is 13.0. The molecule has 0 heterocycles. The maximum absolute atomic E-state index is 13.0. The van der Waals surface area contributed by atoms with Crippen LogP contribution >= 0.6 is 15.9 Å². The van der Waals surface area contributed by atoms with Crippen molar-refractivity contribution in [2.75, 3.05) is 0 Å². The predicted octanol–water partition coefficient (Wildman–Crippen LogP) is 5.30. The molecular formula is C16H14BrF. The minimum Gasteiger partial charge on any atom is -0.207 e. The molecule has 2 rings (SSSR count). The molecule has 0 saturated carbocycles. The third-order valence-corrected chi connectivity index (χ3v) is 3.48. The third-order valence-electron chi connectivity index (χ3n) is 2.95. The van der Waals surface area contributed by atoms with E-state index in [1.807, 2.05) is 30.3 Å². The van der Waals surface area contributed by atoms with E-state index >= 15 is 0 Å². The summed E-state index contributed by atoms with van der Waals surface area (Å²) >= 11 is 3.43. The highest BCUT2D eigenvalue weighted by Gasteiger charge is 2.12. The van der Waals surface area contributed by atoms with Gasteiger partial charge in [0.15, 0.2) is 0 Å². The Morgan fingerprint density at radius 2 is 1.50 bits per heavy atom. The van der Waals surface area contributed by atoms with Crippen molar-refractivity contribution in [3.8, 4) is 0 Å². The molecule has 1 atom stereocenters. The standard InChI is InChI=1S/C16H14BrF/c1-2-3-16(12-4-8-14(17)9-5-12)13-6-10-15(18)11-7-13/h2,4-11,16H,1,3H2. The van der Waals surface area contributed by atoms with Crippen LogP contribution in [-0.4, -0.2) is 0 Å². The Morgan fingerprint density at radius 3 is 2.00 bits per heavy atom. The molecule has 0 spiro atoms. The molecule has 0 saturated heterocycles. The summed E-state index contributed by atoms with van der Waals surface area (Å²) in [4.78, 5) is 0. The van der Waals surface area contributed by atoms with Crippen LogP contribution in [0.1, 0.15) is 23.5 Å².